The Kier molecular flexibility index (Phi) is 5.30. The monoisotopic (exact) mass is 376 g/mol. The number of carbonyl (C=O) groups excluding carboxylic acids is 1. The predicted octanol–water partition coefficient (Wildman–Crippen LogP) is 3.90. The maximum absolute atomic E-state index is 13.6. The van der Waals surface area contributed by atoms with Gasteiger partial charge in [-0.3, -0.25) is 4.79 Å². The minimum absolute atomic E-state index is 0.160. The summed E-state index contributed by atoms with van der Waals surface area (Å²) in [6, 6.07) is 7.78. The van der Waals surface area contributed by atoms with Gasteiger partial charge in [0.25, 0.3) is 5.91 Å². The van der Waals surface area contributed by atoms with Crippen LogP contribution in [0.1, 0.15) is 16.1 Å². The Morgan fingerprint density at radius 3 is 2.37 bits per heavy atom. The van der Waals surface area contributed by atoms with E-state index in [9.17, 15) is 22.4 Å². The molecule has 0 fully saturated rings. The molecule has 138 valence electrons. The molecule has 0 saturated carbocycles. The molecule has 1 amide bonds. The number of hydrogen-bond acceptors (Lipinski definition) is 4. The molecule has 9 heteroatoms. The summed E-state index contributed by atoms with van der Waals surface area (Å²) < 4.78 is 53.2. The number of nitrogens with zero attached hydrogens (tertiary/aromatic N) is 2. The van der Waals surface area contributed by atoms with Gasteiger partial charge in [0.15, 0.2) is 17.5 Å². The van der Waals surface area contributed by atoms with Crippen molar-refractivity contribution in [2.45, 2.75) is 6.54 Å². The third kappa shape index (κ3) is 4.20. The van der Waals surface area contributed by atoms with Gasteiger partial charge in [0, 0.05) is 12.1 Å². The Morgan fingerprint density at radius 2 is 1.67 bits per heavy atom. The van der Waals surface area contributed by atoms with Crippen LogP contribution in [0.15, 0.2) is 48.8 Å². The first-order chi connectivity index (χ1) is 13.0. The number of anilines is 2. The van der Waals surface area contributed by atoms with Crippen molar-refractivity contribution < 1.29 is 22.4 Å². The van der Waals surface area contributed by atoms with Crippen LogP contribution in [0.3, 0.4) is 0 Å². The van der Waals surface area contributed by atoms with Crippen LogP contribution < -0.4 is 10.6 Å². The second-order valence-electron chi connectivity index (χ2n) is 5.41. The first kappa shape index (κ1) is 18.3. The minimum Gasteiger partial charge on any atom is -0.365 e. The molecule has 0 spiro atoms. The van der Waals surface area contributed by atoms with Gasteiger partial charge >= 0.3 is 0 Å². The van der Waals surface area contributed by atoms with Crippen LogP contribution in [0.5, 0.6) is 0 Å². The molecule has 1 heterocycles. The molecule has 0 aliphatic heterocycles. The highest BCUT2D eigenvalue weighted by molar-refractivity contribution is 6.02. The zero-order valence-electron chi connectivity index (χ0n) is 13.6. The molecule has 3 rings (SSSR count). The largest absolute Gasteiger partial charge is 0.365 e. The molecule has 5 nitrogen and oxygen atoms in total. The van der Waals surface area contributed by atoms with E-state index in [4.69, 9.17) is 0 Å². The SMILES string of the molecule is O=C(Nc1ccc(F)c(F)c1F)c1cnc(NCc2ccccc2F)cn1. The van der Waals surface area contributed by atoms with Crippen LogP contribution in [0, 0.1) is 23.3 Å². The summed E-state index contributed by atoms with van der Waals surface area (Å²) in [6.45, 7) is 0.160. The van der Waals surface area contributed by atoms with E-state index in [1.165, 1.54) is 12.3 Å². The molecule has 0 bridgehead atoms. The molecule has 2 aromatic carbocycles. The van der Waals surface area contributed by atoms with Gasteiger partial charge in [-0.1, -0.05) is 18.2 Å². The Labute approximate surface area is 151 Å². The number of amides is 1. The number of benzene rings is 2. The van der Waals surface area contributed by atoms with Gasteiger partial charge in [-0.15, -0.1) is 0 Å². The normalized spacial score (nSPS) is 10.5. The average Bonchev–Trinajstić information content (AvgIpc) is 2.68. The van der Waals surface area contributed by atoms with Crippen LogP contribution in [0.25, 0.3) is 0 Å². The lowest BCUT2D eigenvalue weighted by Crippen LogP contribution is -2.16. The summed E-state index contributed by atoms with van der Waals surface area (Å²) in [5.74, 6) is -5.51. The van der Waals surface area contributed by atoms with Gasteiger partial charge < -0.3 is 10.6 Å². The van der Waals surface area contributed by atoms with E-state index >= 15 is 0 Å². The second kappa shape index (κ2) is 7.81. The standard InChI is InChI=1S/C18H12F4N4O/c19-11-4-2-1-3-10(11)7-24-15-9-23-14(8-25-15)18(27)26-13-6-5-12(20)16(21)17(13)22/h1-6,8-9H,7H2,(H,24,25)(H,26,27). The lowest BCUT2D eigenvalue weighted by Gasteiger charge is -2.08. The number of hydrogen-bond donors (Lipinski definition) is 2. The Balaban J connectivity index is 1.65. The van der Waals surface area contributed by atoms with Crippen molar-refractivity contribution in [3.8, 4) is 0 Å². The fraction of sp³-hybridized carbons (Fsp3) is 0.0556. The molecular weight excluding hydrogens is 364 g/mol. The van der Waals surface area contributed by atoms with Gasteiger partial charge in [-0.2, -0.15) is 0 Å². The van der Waals surface area contributed by atoms with Crippen LogP contribution in [0.4, 0.5) is 29.1 Å². The zero-order valence-corrected chi connectivity index (χ0v) is 13.6. The molecule has 27 heavy (non-hydrogen) atoms. The Morgan fingerprint density at radius 1 is 0.889 bits per heavy atom. The molecule has 0 radical (unpaired) electrons. The topological polar surface area (TPSA) is 66.9 Å². The summed E-state index contributed by atoms with van der Waals surface area (Å²) in [4.78, 5) is 19.8. The average molecular weight is 376 g/mol. The molecule has 0 atom stereocenters. The summed E-state index contributed by atoms with van der Waals surface area (Å²) >= 11 is 0. The van der Waals surface area contributed by atoms with Gasteiger partial charge in [-0.25, -0.2) is 27.5 Å². The first-order valence-electron chi connectivity index (χ1n) is 7.70. The number of aromatic nitrogens is 2. The highest BCUT2D eigenvalue weighted by Gasteiger charge is 2.16. The first-order valence-corrected chi connectivity index (χ1v) is 7.70. The fourth-order valence-corrected chi connectivity index (χ4v) is 2.17. The Bertz CT molecular complexity index is 980. The van der Waals surface area contributed by atoms with Crippen molar-refractivity contribution in [1.29, 1.82) is 0 Å². The summed E-state index contributed by atoms with van der Waals surface area (Å²) in [6.07, 6.45) is 2.34. The third-order valence-corrected chi connectivity index (χ3v) is 3.59. The van der Waals surface area contributed by atoms with Gasteiger partial charge in [-0.05, 0) is 18.2 Å². The van der Waals surface area contributed by atoms with Crippen LogP contribution in [-0.4, -0.2) is 15.9 Å². The molecule has 1 aromatic heterocycles. The fourth-order valence-electron chi connectivity index (χ4n) is 2.17. The predicted molar refractivity (Wildman–Crippen MR) is 90.0 cm³/mol. The third-order valence-electron chi connectivity index (χ3n) is 3.59. The highest BCUT2D eigenvalue weighted by atomic mass is 19.2. The van der Waals surface area contributed by atoms with E-state index in [1.807, 2.05) is 0 Å². The van der Waals surface area contributed by atoms with Crippen LogP contribution >= 0.6 is 0 Å². The van der Waals surface area contributed by atoms with Crippen molar-refractivity contribution >= 4 is 17.4 Å². The van der Waals surface area contributed by atoms with Crippen molar-refractivity contribution in [2.24, 2.45) is 0 Å². The lowest BCUT2D eigenvalue weighted by molar-refractivity contribution is 0.102. The molecule has 0 aliphatic carbocycles. The van der Waals surface area contributed by atoms with E-state index in [0.717, 1.165) is 12.3 Å². The van der Waals surface area contributed by atoms with Crippen molar-refractivity contribution in [2.75, 3.05) is 10.6 Å². The maximum Gasteiger partial charge on any atom is 0.275 e. The molecule has 0 saturated heterocycles. The second-order valence-corrected chi connectivity index (χ2v) is 5.41. The molecule has 2 N–H and O–H groups in total. The van der Waals surface area contributed by atoms with Crippen molar-refractivity contribution in [1.82, 2.24) is 9.97 Å². The quantitative estimate of drug-likeness (QED) is 0.524. The van der Waals surface area contributed by atoms with E-state index in [0.29, 0.717) is 11.6 Å². The summed E-state index contributed by atoms with van der Waals surface area (Å²) in [5.41, 5.74) is -0.270. The number of carbonyl (C=O) groups is 1. The van der Waals surface area contributed by atoms with E-state index in [-0.39, 0.29) is 23.9 Å². The van der Waals surface area contributed by atoms with Gasteiger partial charge in [0.1, 0.15) is 17.3 Å². The summed E-state index contributed by atoms with van der Waals surface area (Å²) in [5, 5.41) is 4.93. The van der Waals surface area contributed by atoms with E-state index < -0.39 is 29.0 Å². The zero-order chi connectivity index (χ0) is 19.4. The van der Waals surface area contributed by atoms with Gasteiger partial charge in [0.2, 0.25) is 0 Å². The molecule has 0 unspecified atom stereocenters. The molecular formula is C18H12F4N4O. The van der Waals surface area contributed by atoms with Crippen LogP contribution in [0.2, 0.25) is 0 Å². The maximum atomic E-state index is 13.6. The van der Waals surface area contributed by atoms with Crippen molar-refractivity contribution in [3.05, 3.63) is 83.3 Å². The molecule has 3 aromatic rings. The number of rotatable bonds is 5. The number of nitrogens with one attached hydrogen (secondary N) is 2. The van der Waals surface area contributed by atoms with Crippen molar-refractivity contribution in [3.63, 3.8) is 0 Å². The van der Waals surface area contributed by atoms with Crippen LogP contribution in [-0.2, 0) is 6.54 Å². The van der Waals surface area contributed by atoms with E-state index in [1.54, 1.807) is 18.2 Å². The van der Waals surface area contributed by atoms with E-state index in [2.05, 4.69) is 20.6 Å². The smallest absolute Gasteiger partial charge is 0.275 e. The van der Waals surface area contributed by atoms with Gasteiger partial charge in [0.05, 0.1) is 18.1 Å². The number of halogens is 4. The lowest BCUT2D eigenvalue weighted by atomic mass is 10.2. The molecule has 0 aliphatic rings. The summed E-state index contributed by atoms with van der Waals surface area (Å²) in [7, 11) is 0. The Hall–Kier alpha value is -3.49. The highest BCUT2D eigenvalue weighted by Crippen LogP contribution is 2.20. The minimum atomic E-state index is -1.69.